The van der Waals surface area contributed by atoms with Crippen LogP contribution in [0.1, 0.15) is 18.7 Å². The molecule has 0 spiro atoms. The molecule has 0 bridgehead atoms. The summed E-state index contributed by atoms with van der Waals surface area (Å²) in [4.78, 5) is 23.1. The highest BCUT2D eigenvalue weighted by Crippen LogP contribution is 2.55. The summed E-state index contributed by atoms with van der Waals surface area (Å²) in [5.74, 6) is 1.21. The van der Waals surface area contributed by atoms with Gasteiger partial charge in [0.15, 0.2) is 0 Å². The molecule has 2 heterocycles. The largest absolute Gasteiger partial charge is 0.331 e. The smallest absolute Gasteiger partial charge is 0.294 e. The first-order valence-electron chi connectivity index (χ1n) is 4.92. The van der Waals surface area contributed by atoms with E-state index in [1.54, 1.807) is 17.7 Å². The molecule has 2 aliphatic rings. The van der Waals surface area contributed by atoms with Crippen molar-refractivity contribution < 1.29 is 0 Å². The minimum atomic E-state index is -0.185. The third-order valence-corrected chi connectivity index (χ3v) is 3.68. The summed E-state index contributed by atoms with van der Waals surface area (Å²) >= 11 is 0. The SMILES string of the molecule is C[C@H]1[C@H]2Cc3cc(=O)n(C)c(=O)n3[C@@H]12. The van der Waals surface area contributed by atoms with Crippen molar-refractivity contribution in [2.75, 3.05) is 0 Å². The molecule has 0 saturated heterocycles. The van der Waals surface area contributed by atoms with Gasteiger partial charge in [-0.25, -0.2) is 4.79 Å². The van der Waals surface area contributed by atoms with Gasteiger partial charge in [-0.2, -0.15) is 0 Å². The van der Waals surface area contributed by atoms with Crippen molar-refractivity contribution in [3.05, 3.63) is 32.6 Å². The minimum absolute atomic E-state index is 0.149. The fourth-order valence-electron chi connectivity index (χ4n) is 2.66. The van der Waals surface area contributed by atoms with Gasteiger partial charge >= 0.3 is 5.69 Å². The Balaban J connectivity index is 2.32. The number of hydrogen-bond donors (Lipinski definition) is 0. The fraction of sp³-hybridized carbons (Fsp3) is 0.600. The average molecular weight is 192 g/mol. The van der Waals surface area contributed by atoms with Crippen LogP contribution in [-0.2, 0) is 13.5 Å². The van der Waals surface area contributed by atoms with Gasteiger partial charge in [0.25, 0.3) is 5.56 Å². The van der Waals surface area contributed by atoms with Crippen LogP contribution in [-0.4, -0.2) is 9.13 Å². The lowest BCUT2D eigenvalue weighted by atomic mass is 10.2. The number of aromatic nitrogens is 2. The summed E-state index contributed by atoms with van der Waals surface area (Å²) in [6.07, 6.45) is 0.900. The molecule has 14 heavy (non-hydrogen) atoms. The van der Waals surface area contributed by atoms with Gasteiger partial charge in [0.05, 0.1) is 0 Å². The van der Waals surface area contributed by atoms with Gasteiger partial charge < -0.3 is 0 Å². The Hall–Kier alpha value is -1.32. The van der Waals surface area contributed by atoms with Crippen molar-refractivity contribution in [2.24, 2.45) is 18.9 Å². The van der Waals surface area contributed by atoms with E-state index >= 15 is 0 Å². The standard InChI is InChI=1S/C10H12N2O2/c1-5-7-3-6-4-8(13)11(2)10(14)12(6)9(5)7/h4-5,7,9H,3H2,1-2H3/t5-,7+,9-/m0/s1. The van der Waals surface area contributed by atoms with Gasteiger partial charge in [-0.05, 0) is 18.3 Å². The third kappa shape index (κ3) is 0.744. The first-order valence-corrected chi connectivity index (χ1v) is 4.92. The van der Waals surface area contributed by atoms with Gasteiger partial charge in [-0.3, -0.25) is 13.9 Å². The van der Waals surface area contributed by atoms with E-state index in [0.717, 1.165) is 12.1 Å². The van der Waals surface area contributed by atoms with Gasteiger partial charge in [0.2, 0.25) is 0 Å². The van der Waals surface area contributed by atoms with Gasteiger partial charge in [0, 0.05) is 24.8 Å². The zero-order valence-corrected chi connectivity index (χ0v) is 8.23. The molecule has 0 unspecified atom stereocenters. The monoisotopic (exact) mass is 192 g/mol. The predicted molar refractivity (Wildman–Crippen MR) is 51.3 cm³/mol. The third-order valence-electron chi connectivity index (χ3n) is 3.68. The summed E-state index contributed by atoms with van der Waals surface area (Å²) in [5.41, 5.74) is 0.589. The summed E-state index contributed by atoms with van der Waals surface area (Å²) in [6, 6.07) is 1.96. The number of rotatable bonds is 0. The maximum absolute atomic E-state index is 11.8. The Morgan fingerprint density at radius 2 is 2.14 bits per heavy atom. The molecule has 1 aromatic heterocycles. The molecule has 0 amide bonds. The maximum Gasteiger partial charge on any atom is 0.331 e. The molecule has 74 valence electrons. The Morgan fingerprint density at radius 1 is 1.43 bits per heavy atom. The lowest BCUT2D eigenvalue weighted by Gasteiger charge is -2.08. The number of hydrogen-bond acceptors (Lipinski definition) is 2. The van der Waals surface area contributed by atoms with Crippen LogP contribution in [0.2, 0.25) is 0 Å². The summed E-state index contributed by atoms with van der Waals surface area (Å²) in [5, 5.41) is 0. The Morgan fingerprint density at radius 3 is 2.86 bits per heavy atom. The molecule has 3 rings (SSSR count). The first kappa shape index (κ1) is 8.03. The topological polar surface area (TPSA) is 44.0 Å². The fourth-order valence-corrected chi connectivity index (χ4v) is 2.66. The molecule has 1 aliphatic heterocycles. The van der Waals surface area contributed by atoms with Crippen LogP contribution in [0.15, 0.2) is 15.7 Å². The van der Waals surface area contributed by atoms with Crippen molar-refractivity contribution in [1.82, 2.24) is 9.13 Å². The van der Waals surface area contributed by atoms with E-state index in [1.165, 1.54) is 4.57 Å². The van der Waals surface area contributed by atoms with Gasteiger partial charge in [0.1, 0.15) is 0 Å². The molecular formula is C10H12N2O2. The second kappa shape index (κ2) is 2.19. The van der Waals surface area contributed by atoms with E-state index in [4.69, 9.17) is 0 Å². The number of nitrogens with zero attached hydrogens (tertiary/aromatic N) is 2. The zero-order valence-electron chi connectivity index (χ0n) is 8.23. The Bertz CT molecular complexity index is 526. The van der Waals surface area contributed by atoms with E-state index in [0.29, 0.717) is 17.9 Å². The summed E-state index contributed by atoms with van der Waals surface area (Å²) in [7, 11) is 1.54. The highest BCUT2D eigenvalue weighted by molar-refractivity contribution is 5.20. The van der Waals surface area contributed by atoms with Crippen LogP contribution in [0.5, 0.6) is 0 Å². The van der Waals surface area contributed by atoms with Crippen LogP contribution < -0.4 is 11.2 Å². The molecule has 0 N–H and O–H groups in total. The highest BCUT2D eigenvalue weighted by Gasteiger charge is 2.53. The average Bonchev–Trinajstić information content (AvgIpc) is 2.63. The predicted octanol–water partition coefficient (Wildman–Crippen LogP) is -0.0899. The van der Waals surface area contributed by atoms with Crippen LogP contribution in [0.3, 0.4) is 0 Å². The quantitative estimate of drug-likeness (QED) is 0.576. The Labute approximate surface area is 80.8 Å². The molecule has 1 aliphatic carbocycles. The highest BCUT2D eigenvalue weighted by atomic mass is 16.2. The van der Waals surface area contributed by atoms with Crippen LogP contribution in [0.25, 0.3) is 0 Å². The Kier molecular flexibility index (Phi) is 1.25. The van der Waals surface area contributed by atoms with E-state index in [2.05, 4.69) is 6.92 Å². The summed E-state index contributed by atoms with van der Waals surface area (Å²) < 4.78 is 2.99. The van der Waals surface area contributed by atoms with Crippen molar-refractivity contribution in [3.8, 4) is 0 Å². The second-order valence-corrected chi connectivity index (χ2v) is 4.40. The van der Waals surface area contributed by atoms with E-state index in [-0.39, 0.29) is 11.2 Å². The molecule has 1 aromatic rings. The van der Waals surface area contributed by atoms with Crippen LogP contribution >= 0.6 is 0 Å². The zero-order chi connectivity index (χ0) is 10.0. The van der Waals surface area contributed by atoms with E-state index in [9.17, 15) is 9.59 Å². The van der Waals surface area contributed by atoms with E-state index in [1.807, 2.05) is 0 Å². The normalized spacial score (nSPS) is 32.6. The molecule has 4 heteroatoms. The van der Waals surface area contributed by atoms with Gasteiger partial charge in [-0.1, -0.05) is 6.92 Å². The summed E-state index contributed by atoms with van der Waals surface area (Å²) in [6.45, 7) is 2.16. The molecule has 0 radical (unpaired) electrons. The second-order valence-electron chi connectivity index (χ2n) is 4.40. The molecule has 4 nitrogen and oxygen atoms in total. The minimum Gasteiger partial charge on any atom is -0.294 e. The molecule has 1 fully saturated rings. The van der Waals surface area contributed by atoms with Crippen LogP contribution in [0, 0.1) is 11.8 Å². The van der Waals surface area contributed by atoms with Crippen LogP contribution in [0.4, 0.5) is 0 Å². The van der Waals surface area contributed by atoms with Crippen molar-refractivity contribution in [1.29, 1.82) is 0 Å². The first-order chi connectivity index (χ1) is 6.61. The van der Waals surface area contributed by atoms with Gasteiger partial charge in [-0.15, -0.1) is 0 Å². The number of fused-ring (bicyclic) bond motifs is 3. The maximum atomic E-state index is 11.8. The molecule has 0 aromatic carbocycles. The lowest BCUT2D eigenvalue weighted by Crippen LogP contribution is -2.38. The molecule has 3 atom stereocenters. The van der Waals surface area contributed by atoms with Crippen molar-refractivity contribution in [3.63, 3.8) is 0 Å². The molecular weight excluding hydrogens is 180 g/mol. The van der Waals surface area contributed by atoms with E-state index < -0.39 is 0 Å². The molecule has 1 saturated carbocycles. The van der Waals surface area contributed by atoms with Crippen molar-refractivity contribution in [2.45, 2.75) is 19.4 Å². The van der Waals surface area contributed by atoms with Crippen molar-refractivity contribution >= 4 is 0 Å². The lowest BCUT2D eigenvalue weighted by molar-refractivity contribution is 0.585.